The van der Waals surface area contributed by atoms with Crippen LogP contribution in [0.15, 0.2) is 41.8 Å². The Morgan fingerprint density at radius 2 is 2.07 bits per heavy atom. The number of hydrogen-bond donors (Lipinski definition) is 1. The molecule has 0 radical (unpaired) electrons. The van der Waals surface area contributed by atoms with Gasteiger partial charge in [0.15, 0.2) is 0 Å². The van der Waals surface area contributed by atoms with Crippen molar-refractivity contribution in [2.75, 3.05) is 6.54 Å². The van der Waals surface area contributed by atoms with Gasteiger partial charge in [0.05, 0.1) is 11.4 Å². The molecular formula is C20H21FN4OS. The highest BCUT2D eigenvalue weighted by atomic mass is 32.1. The third-order valence-corrected chi connectivity index (χ3v) is 4.88. The van der Waals surface area contributed by atoms with Gasteiger partial charge < -0.3 is 5.32 Å². The van der Waals surface area contributed by atoms with E-state index in [0.29, 0.717) is 12.2 Å². The minimum absolute atomic E-state index is 0.153. The van der Waals surface area contributed by atoms with Crippen LogP contribution in [0.5, 0.6) is 0 Å². The Bertz CT molecular complexity index is 943. The van der Waals surface area contributed by atoms with Crippen LogP contribution in [-0.2, 0) is 11.3 Å². The molecule has 1 N–H and O–H groups in total. The molecule has 5 nitrogen and oxygen atoms in total. The Kier molecular flexibility index (Phi) is 6.13. The van der Waals surface area contributed by atoms with Gasteiger partial charge in [0.1, 0.15) is 10.8 Å². The quantitative estimate of drug-likeness (QED) is 0.495. The molecular weight excluding hydrogens is 363 g/mol. The van der Waals surface area contributed by atoms with Crippen molar-refractivity contribution < 1.29 is 9.18 Å². The summed E-state index contributed by atoms with van der Waals surface area (Å²) in [5.74, 6) is -0.426. The zero-order chi connectivity index (χ0) is 19.2. The predicted molar refractivity (Wildman–Crippen MR) is 106 cm³/mol. The predicted octanol–water partition coefficient (Wildman–Crippen LogP) is 3.98. The smallest absolute Gasteiger partial charge is 0.244 e. The van der Waals surface area contributed by atoms with Crippen LogP contribution in [0.25, 0.3) is 16.6 Å². The fourth-order valence-corrected chi connectivity index (χ4v) is 3.44. The Labute approximate surface area is 161 Å². The molecule has 0 unspecified atom stereocenters. The zero-order valence-electron chi connectivity index (χ0n) is 15.3. The summed E-state index contributed by atoms with van der Waals surface area (Å²) in [5, 5.41) is 9.92. The number of hydrogen-bond acceptors (Lipinski definition) is 4. The summed E-state index contributed by atoms with van der Waals surface area (Å²) >= 11 is 1.46. The van der Waals surface area contributed by atoms with Crippen molar-refractivity contribution in [3.8, 4) is 10.6 Å². The number of amides is 1. The fraction of sp³-hybridized carbons (Fsp3) is 0.250. The zero-order valence-corrected chi connectivity index (χ0v) is 16.1. The van der Waals surface area contributed by atoms with Crippen LogP contribution in [0.4, 0.5) is 4.39 Å². The molecule has 3 rings (SSSR count). The second-order valence-corrected chi connectivity index (χ2v) is 7.07. The second-order valence-electron chi connectivity index (χ2n) is 6.21. The molecule has 0 spiro atoms. The van der Waals surface area contributed by atoms with Crippen molar-refractivity contribution in [3.63, 3.8) is 0 Å². The third kappa shape index (κ3) is 5.34. The number of carbonyl (C=O) groups excluding carboxylic acids is 1. The van der Waals surface area contributed by atoms with Gasteiger partial charge in [0, 0.05) is 35.8 Å². The summed E-state index contributed by atoms with van der Waals surface area (Å²) in [5.41, 5.74) is 3.69. The van der Waals surface area contributed by atoms with Gasteiger partial charge >= 0.3 is 0 Å². The molecule has 0 aliphatic rings. The maximum absolute atomic E-state index is 13.0. The van der Waals surface area contributed by atoms with Crippen LogP contribution in [-0.4, -0.2) is 27.2 Å². The molecule has 0 bridgehead atoms. The number of aromatic nitrogens is 3. The molecule has 27 heavy (non-hydrogen) atoms. The third-order valence-electron chi connectivity index (χ3n) is 3.97. The SMILES string of the molecule is Cc1cc(C)n(CCCNC(=O)/C=C/c2csc(-c3ccc(F)cc3)n2)n1. The Balaban J connectivity index is 1.46. The summed E-state index contributed by atoms with van der Waals surface area (Å²) in [4.78, 5) is 16.4. The summed E-state index contributed by atoms with van der Waals surface area (Å²) < 4.78 is 14.9. The molecule has 3 aromatic rings. The van der Waals surface area contributed by atoms with E-state index < -0.39 is 0 Å². The number of aryl methyl sites for hydroxylation is 3. The summed E-state index contributed by atoms with van der Waals surface area (Å²) in [6, 6.07) is 8.24. The highest BCUT2D eigenvalue weighted by Crippen LogP contribution is 2.24. The number of carbonyl (C=O) groups is 1. The molecule has 1 aromatic carbocycles. The number of halogens is 1. The summed E-state index contributed by atoms with van der Waals surface area (Å²) in [7, 11) is 0. The van der Waals surface area contributed by atoms with Gasteiger partial charge in [0.2, 0.25) is 5.91 Å². The lowest BCUT2D eigenvalue weighted by atomic mass is 10.2. The Hall–Kier alpha value is -2.80. The van der Waals surface area contributed by atoms with Gasteiger partial charge in [-0.25, -0.2) is 9.37 Å². The lowest BCUT2D eigenvalue weighted by molar-refractivity contribution is -0.116. The summed E-state index contributed by atoms with van der Waals surface area (Å²) in [6.45, 7) is 5.35. The van der Waals surface area contributed by atoms with Crippen LogP contribution in [0.1, 0.15) is 23.5 Å². The highest BCUT2D eigenvalue weighted by Gasteiger charge is 2.04. The van der Waals surface area contributed by atoms with Crippen LogP contribution in [0, 0.1) is 19.7 Å². The van der Waals surface area contributed by atoms with Crippen LogP contribution in [0.3, 0.4) is 0 Å². The van der Waals surface area contributed by atoms with Crippen LogP contribution < -0.4 is 5.32 Å². The van der Waals surface area contributed by atoms with Gasteiger partial charge in [-0.2, -0.15) is 5.10 Å². The first-order valence-electron chi connectivity index (χ1n) is 8.70. The van der Waals surface area contributed by atoms with Gasteiger partial charge in [-0.05, 0) is 56.7 Å². The van der Waals surface area contributed by atoms with E-state index in [-0.39, 0.29) is 11.7 Å². The number of nitrogens with zero attached hydrogens (tertiary/aromatic N) is 3. The largest absolute Gasteiger partial charge is 0.352 e. The maximum Gasteiger partial charge on any atom is 0.244 e. The second kappa shape index (κ2) is 8.73. The van der Waals surface area contributed by atoms with Crippen molar-refractivity contribution in [1.82, 2.24) is 20.1 Å². The average Bonchev–Trinajstić information content (AvgIpc) is 3.24. The summed E-state index contributed by atoms with van der Waals surface area (Å²) in [6.07, 6.45) is 3.97. The molecule has 2 aromatic heterocycles. The molecule has 7 heteroatoms. The monoisotopic (exact) mass is 384 g/mol. The number of benzene rings is 1. The molecule has 1 amide bonds. The number of thiazole rings is 1. The first-order chi connectivity index (χ1) is 13.0. The van der Waals surface area contributed by atoms with Gasteiger partial charge in [-0.1, -0.05) is 0 Å². The molecule has 0 atom stereocenters. The molecule has 0 aliphatic carbocycles. The van der Waals surface area contributed by atoms with Gasteiger partial charge in [-0.3, -0.25) is 9.48 Å². The topological polar surface area (TPSA) is 59.8 Å². The minimum atomic E-state index is -0.273. The Morgan fingerprint density at radius 3 is 2.78 bits per heavy atom. The van der Waals surface area contributed by atoms with E-state index in [0.717, 1.165) is 34.9 Å². The van der Waals surface area contributed by atoms with E-state index >= 15 is 0 Å². The van der Waals surface area contributed by atoms with E-state index in [1.165, 1.54) is 29.5 Å². The van der Waals surface area contributed by atoms with Crippen LogP contribution in [0.2, 0.25) is 0 Å². The van der Waals surface area contributed by atoms with Crippen molar-refractivity contribution in [3.05, 3.63) is 64.7 Å². The van der Waals surface area contributed by atoms with Crippen molar-refractivity contribution >= 4 is 23.3 Å². The molecule has 140 valence electrons. The lowest BCUT2D eigenvalue weighted by Gasteiger charge is -2.04. The number of nitrogens with one attached hydrogen (secondary N) is 1. The van der Waals surface area contributed by atoms with E-state index in [1.54, 1.807) is 18.2 Å². The normalized spacial score (nSPS) is 11.2. The van der Waals surface area contributed by atoms with Crippen molar-refractivity contribution in [2.45, 2.75) is 26.8 Å². The van der Waals surface area contributed by atoms with E-state index in [1.807, 2.05) is 30.0 Å². The van der Waals surface area contributed by atoms with Crippen molar-refractivity contribution in [1.29, 1.82) is 0 Å². The molecule has 0 fully saturated rings. The molecule has 2 heterocycles. The van der Waals surface area contributed by atoms with E-state index in [9.17, 15) is 9.18 Å². The first kappa shape index (κ1) is 19.0. The molecule has 0 saturated heterocycles. The van der Waals surface area contributed by atoms with E-state index in [4.69, 9.17) is 0 Å². The standard InChI is InChI=1S/C20H21FN4OS/c1-14-12-15(2)25(24-14)11-3-10-22-19(26)9-8-18-13-27-20(23-18)16-4-6-17(21)7-5-16/h4-9,12-13H,3,10-11H2,1-2H3,(H,22,26)/b9-8+. The maximum atomic E-state index is 13.0. The lowest BCUT2D eigenvalue weighted by Crippen LogP contribution is -2.23. The Morgan fingerprint density at radius 1 is 1.30 bits per heavy atom. The van der Waals surface area contributed by atoms with Gasteiger partial charge in [-0.15, -0.1) is 11.3 Å². The first-order valence-corrected chi connectivity index (χ1v) is 9.57. The minimum Gasteiger partial charge on any atom is -0.352 e. The average molecular weight is 384 g/mol. The highest BCUT2D eigenvalue weighted by molar-refractivity contribution is 7.13. The van der Waals surface area contributed by atoms with Crippen molar-refractivity contribution in [2.24, 2.45) is 0 Å². The molecule has 0 saturated carbocycles. The fourth-order valence-electron chi connectivity index (χ4n) is 2.65. The van der Waals surface area contributed by atoms with Gasteiger partial charge in [0.25, 0.3) is 0 Å². The number of rotatable bonds is 7. The van der Waals surface area contributed by atoms with E-state index in [2.05, 4.69) is 15.4 Å². The molecule has 0 aliphatic heterocycles. The van der Waals surface area contributed by atoms with Crippen LogP contribution >= 0.6 is 11.3 Å².